The summed E-state index contributed by atoms with van der Waals surface area (Å²) in [6.07, 6.45) is 0. The zero-order valence-corrected chi connectivity index (χ0v) is 9.49. The molecule has 0 bridgehead atoms. The fourth-order valence-electron chi connectivity index (χ4n) is 1.81. The van der Waals surface area contributed by atoms with Gasteiger partial charge in [0.25, 0.3) is 0 Å². The van der Waals surface area contributed by atoms with E-state index in [1.54, 1.807) is 0 Å². The maximum atomic E-state index is 13.6. The van der Waals surface area contributed by atoms with E-state index in [9.17, 15) is 22.0 Å². The van der Waals surface area contributed by atoms with Gasteiger partial charge in [0.2, 0.25) is 5.82 Å². The summed E-state index contributed by atoms with van der Waals surface area (Å²) in [4.78, 5) is 0. The minimum Gasteiger partial charge on any atom is -0.313 e. The SMILES string of the molecule is Cc1ccc(C)n1-c1c(F)c(F)c(F)c(F)c1F. The third kappa shape index (κ3) is 1.60. The van der Waals surface area contributed by atoms with E-state index in [-0.39, 0.29) is 0 Å². The van der Waals surface area contributed by atoms with Crippen LogP contribution in [0.4, 0.5) is 22.0 Å². The Morgan fingerprint density at radius 1 is 0.667 bits per heavy atom. The lowest BCUT2D eigenvalue weighted by atomic mass is 10.2. The van der Waals surface area contributed by atoms with Crippen molar-refractivity contribution in [2.45, 2.75) is 13.8 Å². The van der Waals surface area contributed by atoms with Crippen LogP contribution in [0.1, 0.15) is 11.4 Å². The van der Waals surface area contributed by atoms with E-state index in [2.05, 4.69) is 0 Å². The fourth-order valence-corrected chi connectivity index (χ4v) is 1.81. The van der Waals surface area contributed by atoms with Crippen molar-refractivity contribution in [3.63, 3.8) is 0 Å². The number of aryl methyl sites for hydroxylation is 2. The molecular weight excluding hydrogens is 253 g/mol. The smallest absolute Gasteiger partial charge is 0.200 e. The average Bonchev–Trinajstić information content (AvgIpc) is 2.66. The normalized spacial score (nSPS) is 11.1. The standard InChI is InChI=1S/C12H8F5N/c1-5-3-4-6(2)18(5)12-10(16)8(14)7(13)9(15)11(12)17/h3-4H,1-2H3. The summed E-state index contributed by atoms with van der Waals surface area (Å²) in [7, 11) is 0. The first-order chi connectivity index (χ1) is 8.36. The second-order valence-corrected chi connectivity index (χ2v) is 3.87. The van der Waals surface area contributed by atoms with Crippen molar-refractivity contribution in [1.82, 2.24) is 4.57 Å². The monoisotopic (exact) mass is 261 g/mol. The number of rotatable bonds is 1. The number of aromatic nitrogens is 1. The second kappa shape index (κ2) is 4.12. The molecule has 0 radical (unpaired) electrons. The van der Waals surface area contributed by atoms with E-state index in [0.29, 0.717) is 11.4 Å². The molecule has 0 aliphatic rings. The number of hydrogen-bond donors (Lipinski definition) is 0. The first-order valence-corrected chi connectivity index (χ1v) is 5.03. The van der Waals surface area contributed by atoms with Gasteiger partial charge in [0.15, 0.2) is 23.3 Å². The van der Waals surface area contributed by atoms with Crippen LogP contribution in [0.25, 0.3) is 5.69 Å². The molecular formula is C12H8F5N. The molecule has 18 heavy (non-hydrogen) atoms. The van der Waals surface area contributed by atoms with Gasteiger partial charge in [0.1, 0.15) is 5.69 Å². The quantitative estimate of drug-likeness (QED) is 0.418. The maximum absolute atomic E-state index is 13.6. The van der Waals surface area contributed by atoms with Gasteiger partial charge < -0.3 is 4.57 Å². The molecule has 1 nitrogen and oxygen atoms in total. The number of nitrogens with zero attached hydrogens (tertiary/aromatic N) is 1. The minimum atomic E-state index is -2.16. The van der Waals surface area contributed by atoms with Gasteiger partial charge >= 0.3 is 0 Å². The van der Waals surface area contributed by atoms with Crippen LogP contribution < -0.4 is 0 Å². The first-order valence-electron chi connectivity index (χ1n) is 5.03. The lowest BCUT2D eigenvalue weighted by Crippen LogP contribution is -2.11. The molecule has 0 saturated carbocycles. The molecule has 2 rings (SSSR count). The number of halogens is 5. The number of hydrogen-bond acceptors (Lipinski definition) is 0. The van der Waals surface area contributed by atoms with Crippen LogP contribution in [0.15, 0.2) is 12.1 Å². The van der Waals surface area contributed by atoms with E-state index in [4.69, 9.17) is 0 Å². The highest BCUT2D eigenvalue weighted by Gasteiger charge is 2.27. The predicted octanol–water partition coefficient (Wildman–Crippen LogP) is 3.79. The van der Waals surface area contributed by atoms with Crippen molar-refractivity contribution in [3.8, 4) is 5.69 Å². The molecule has 0 aliphatic heterocycles. The molecule has 0 atom stereocenters. The van der Waals surface area contributed by atoms with Crippen LogP contribution in [0, 0.1) is 42.9 Å². The van der Waals surface area contributed by atoms with Gasteiger partial charge in [-0.1, -0.05) is 0 Å². The Morgan fingerprint density at radius 2 is 1.00 bits per heavy atom. The molecule has 96 valence electrons. The van der Waals surface area contributed by atoms with Gasteiger partial charge in [-0.25, -0.2) is 22.0 Å². The highest BCUT2D eigenvalue weighted by molar-refractivity contribution is 5.41. The Hall–Kier alpha value is -1.85. The molecule has 1 heterocycles. The summed E-state index contributed by atoms with van der Waals surface area (Å²) in [6.45, 7) is 3.01. The van der Waals surface area contributed by atoms with Gasteiger partial charge in [0, 0.05) is 11.4 Å². The van der Waals surface area contributed by atoms with Gasteiger partial charge in [-0.15, -0.1) is 0 Å². The van der Waals surface area contributed by atoms with Crippen molar-refractivity contribution in [2.75, 3.05) is 0 Å². The van der Waals surface area contributed by atoms with E-state index in [0.717, 1.165) is 4.57 Å². The Bertz CT molecular complexity index is 581. The summed E-state index contributed by atoms with van der Waals surface area (Å²) >= 11 is 0. The van der Waals surface area contributed by atoms with Crippen LogP contribution in [-0.2, 0) is 0 Å². The van der Waals surface area contributed by atoms with Crippen molar-refractivity contribution in [2.24, 2.45) is 0 Å². The van der Waals surface area contributed by atoms with E-state index in [1.807, 2.05) is 0 Å². The van der Waals surface area contributed by atoms with Crippen LogP contribution in [0.5, 0.6) is 0 Å². The molecule has 6 heteroatoms. The van der Waals surface area contributed by atoms with Gasteiger partial charge in [-0.2, -0.15) is 0 Å². The maximum Gasteiger partial charge on any atom is 0.200 e. The topological polar surface area (TPSA) is 4.93 Å². The lowest BCUT2D eigenvalue weighted by Gasteiger charge is -2.13. The Labute approximate surface area is 99.5 Å². The minimum absolute atomic E-state index is 0.371. The Kier molecular flexibility index (Phi) is 2.88. The summed E-state index contributed by atoms with van der Waals surface area (Å²) in [5, 5.41) is 0. The van der Waals surface area contributed by atoms with E-state index >= 15 is 0 Å². The largest absolute Gasteiger partial charge is 0.313 e. The van der Waals surface area contributed by atoms with Gasteiger partial charge in [-0.3, -0.25) is 0 Å². The molecule has 1 aromatic carbocycles. The van der Waals surface area contributed by atoms with Crippen LogP contribution in [0.3, 0.4) is 0 Å². The van der Waals surface area contributed by atoms with E-state index in [1.165, 1.54) is 26.0 Å². The second-order valence-electron chi connectivity index (χ2n) is 3.87. The molecule has 0 fully saturated rings. The highest BCUT2D eigenvalue weighted by Crippen LogP contribution is 2.28. The zero-order valence-electron chi connectivity index (χ0n) is 9.49. The third-order valence-electron chi connectivity index (χ3n) is 2.68. The van der Waals surface area contributed by atoms with E-state index < -0.39 is 34.8 Å². The molecule has 0 saturated heterocycles. The molecule has 0 unspecified atom stereocenters. The summed E-state index contributed by atoms with van der Waals surface area (Å²) < 4.78 is 67.2. The van der Waals surface area contributed by atoms with Crippen LogP contribution in [0.2, 0.25) is 0 Å². The van der Waals surface area contributed by atoms with Gasteiger partial charge in [0.05, 0.1) is 0 Å². The third-order valence-corrected chi connectivity index (χ3v) is 2.68. The van der Waals surface area contributed by atoms with Crippen molar-refractivity contribution in [3.05, 3.63) is 52.6 Å². The highest BCUT2D eigenvalue weighted by atomic mass is 19.2. The summed E-state index contributed by atoms with van der Waals surface area (Å²) in [5.41, 5.74) is -0.210. The summed E-state index contributed by atoms with van der Waals surface area (Å²) in [6, 6.07) is 3.04. The predicted molar refractivity (Wildman–Crippen MR) is 55.0 cm³/mol. The molecule has 0 aliphatic carbocycles. The zero-order chi connectivity index (χ0) is 13.6. The molecule has 1 aromatic heterocycles. The fraction of sp³-hybridized carbons (Fsp3) is 0.167. The van der Waals surface area contributed by atoms with Crippen molar-refractivity contribution in [1.29, 1.82) is 0 Å². The average molecular weight is 261 g/mol. The van der Waals surface area contributed by atoms with Crippen molar-refractivity contribution >= 4 is 0 Å². The summed E-state index contributed by atoms with van der Waals surface area (Å²) in [5.74, 6) is -9.73. The lowest BCUT2D eigenvalue weighted by molar-refractivity contribution is 0.375. The van der Waals surface area contributed by atoms with Crippen molar-refractivity contribution < 1.29 is 22.0 Å². The molecule has 0 spiro atoms. The van der Waals surface area contributed by atoms with Crippen LogP contribution in [-0.4, -0.2) is 4.57 Å². The van der Waals surface area contributed by atoms with Crippen LogP contribution >= 0.6 is 0 Å². The number of benzene rings is 1. The van der Waals surface area contributed by atoms with Gasteiger partial charge in [-0.05, 0) is 26.0 Å². The molecule has 0 N–H and O–H groups in total. The first kappa shape index (κ1) is 12.6. The Balaban J connectivity index is 2.89. The molecule has 0 amide bonds. The Morgan fingerprint density at radius 3 is 1.39 bits per heavy atom. The molecule has 2 aromatic rings.